The van der Waals surface area contributed by atoms with Gasteiger partial charge in [0.15, 0.2) is 17.8 Å². The second-order valence-corrected chi connectivity index (χ2v) is 4.75. The summed E-state index contributed by atoms with van der Waals surface area (Å²) in [7, 11) is 0. The van der Waals surface area contributed by atoms with Gasteiger partial charge >= 0.3 is 0 Å². The summed E-state index contributed by atoms with van der Waals surface area (Å²) in [5.41, 5.74) is 3.16. The molecule has 5 nitrogen and oxygen atoms in total. The molecule has 0 fully saturated rings. The second-order valence-electron chi connectivity index (χ2n) is 4.75. The van der Waals surface area contributed by atoms with Crippen LogP contribution in [0, 0.1) is 6.92 Å². The highest BCUT2D eigenvalue weighted by Gasteiger charge is 2.11. The van der Waals surface area contributed by atoms with Crippen molar-refractivity contribution in [2.24, 2.45) is 0 Å². The van der Waals surface area contributed by atoms with Gasteiger partial charge in [-0.15, -0.1) is 10.2 Å². The molecule has 0 bridgehead atoms. The smallest absolute Gasteiger partial charge is 0.168 e. The summed E-state index contributed by atoms with van der Waals surface area (Å²) < 4.78 is 7.35. The van der Waals surface area contributed by atoms with Crippen molar-refractivity contribution in [2.45, 2.75) is 13.8 Å². The predicted molar refractivity (Wildman–Crippen MR) is 79.7 cm³/mol. The molecule has 5 heteroatoms. The van der Waals surface area contributed by atoms with Gasteiger partial charge in [-0.2, -0.15) is 0 Å². The van der Waals surface area contributed by atoms with E-state index in [0.29, 0.717) is 18.0 Å². The van der Waals surface area contributed by atoms with Crippen LogP contribution in [0.15, 0.2) is 36.5 Å². The van der Waals surface area contributed by atoms with Crippen molar-refractivity contribution in [3.05, 3.63) is 47.7 Å². The van der Waals surface area contributed by atoms with Crippen LogP contribution < -0.4 is 4.74 Å². The number of hydrogen-bond acceptors (Lipinski definition) is 4. The number of pyridine rings is 1. The Morgan fingerprint density at radius 3 is 2.90 bits per heavy atom. The van der Waals surface area contributed by atoms with Crippen LogP contribution >= 0.6 is 0 Å². The molecule has 0 saturated carbocycles. The Morgan fingerprint density at radius 1 is 1.29 bits per heavy atom. The van der Waals surface area contributed by atoms with E-state index in [1.165, 1.54) is 0 Å². The molecule has 0 amide bonds. The lowest BCUT2D eigenvalue weighted by atomic mass is 10.2. The van der Waals surface area contributed by atoms with Gasteiger partial charge in [0.2, 0.25) is 0 Å². The number of rotatable bonds is 4. The fourth-order valence-electron chi connectivity index (χ4n) is 2.34. The minimum atomic E-state index is 0.599. The number of nitrogens with zero attached hydrogens (tertiary/aromatic N) is 3. The van der Waals surface area contributed by atoms with E-state index in [-0.39, 0.29) is 0 Å². The molecule has 0 aliphatic heterocycles. The lowest BCUT2D eigenvalue weighted by molar-refractivity contribution is 0.112. The van der Waals surface area contributed by atoms with Crippen LogP contribution in [0.3, 0.4) is 0 Å². The molecular weight excluding hydrogens is 266 g/mol. The van der Waals surface area contributed by atoms with E-state index in [2.05, 4.69) is 10.2 Å². The van der Waals surface area contributed by atoms with Crippen molar-refractivity contribution < 1.29 is 9.53 Å². The molecule has 0 aliphatic rings. The molecule has 0 radical (unpaired) electrons. The summed E-state index contributed by atoms with van der Waals surface area (Å²) in [4.78, 5) is 11.0. The average molecular weight is 281 g/mol. The largest absolute Gasteiger partial charge is 0.494 e. The van der Waals surface area contributed by atoms with Gasteiger partial charge in [0.25, 0.3) is 0 Å². The van der Waals surface area contributed by atoms with Gasteiger partial charge in [-0.3, -0.25) is 9.20 Å². The minimum Gasteiger partial charge on any atom is -0.494 e. The van der Waals surface area contributed by atoms with E-state index >= 15 is 0 Å². The number of aromatic nitrogens is 3. The molecule has 0 saturated heterocycles. The maximum absolute atomic E-state index is 11.0. The van der Waals surface area contributed by atoms with E-state index in [1.807, 2.05) is 42.5 Å². The molecule has 0 spiro atoms. The first-order valence-corrected chi connectivity index (χ1v) is 6.76. The molecular formula is C16H15N3O2. The standard InChI is InChI=1S/C16H15N3O2/c1-3-21-14-6-4-5-13(8-14)16-18-17-15-11(2)7-12(10-20)9-19(15)16/h4-10H,3H2,1-2H3. The molecule has 3 aromatic rings. The maximum Gasteiger partial charge on any atom is 0.168 e. The Morgan fingerprint density at radius 2 is 2.14 bits per heavy atom. The third-order valence-electron chi connectivity index (χ3n) is 3.25. The van der Waals surface area contributed by atoms with Gasteiger partial charge in [0.1, 0.15) is 5.75 Å². The first kappa shape index (κ1) is 13.3. The number of hydrogen-bond donors (Lipinski definition) is 0. The van der Waals surface area contributed by atoms with Crippen molar-refractivity contribution in [3.8, 4) is 17.1 Å². The fraction of sp³-hybridized carbons (Fsp3) is 0.188. The first-order chi connectivity index (χ1) is 10.2. The zero-order valence-electron chi connectivity index (χ0n) is 11.9. The van der Waals surface area contributed by atoms with Gasteiger partial charge in [-0.05, 0) is 37.6 Å². The van der Waals surface area contributed by atoms with Crippen molar-refractivity contribution >= 4 is 11.9 Å². The van der Waals surface area contributed by atoms with Gasteiger partial charge in [0, 0.05) is 17.3 Å². The van der Waals surface area contributed by atoms with Crippen LogP contribution in [0.5, 0.6) is 5.75 Å². The maximum atomic E-state index is 11.0. The number of carbonyl (C=O) groups excluding carboxylic acids is 1. The molecule has 2 aromatic heterocycles. The molecule has 0 unspecified atom stereocenters. The summed E-state index contributed by atoms with van der Waals surface area (Å²) in [5, 5.41) is 8.45. The molecule has 2 heterocycles. The number of ether oxygens (including phenoxy) is 1. The van der Waals surface area contributed by atoms with Crippen LogP contribution in [0.4, 0.5) is 0 Å². The molecule has 0 N–H and O–H groups in total. The Bertz CT molecular complexity index is 808. The average Bonchev–Trinajstić information content (AvgIpc) is 2.92. The Labute approximate surface area is 122 Å². The summed E-state index contributed by atoms with van der Waals surface area (Å²) in [6, 6.07) is 9.48. The van der Waals surface area contributed by atoms with Crippen molar-refractivity contribution in [2.75, 3.05) is 6.61 Å². The van der Waals surface area contributed by atoms with Crippen LogP contribution in [0.25, 0.3) is 17.0 Å². The molecule has 0 atom stereocenters. The lowest BCUT2D eigenvalue weighted by Gasteiger charge is -2.06. The minimum absolute atomic E-state index is 0.599. The summed E-state index contributed by atoms with van der Waals surface area (Å²) in [6.45, 7) is 4.47. The second kappa shape index (κ2) is 5.36. The zero-order valence-corrected chi connectivity index (χ0v) is 11.9. The number of aldehydes is 1. The van der Waals surface area contributed by atoms with Crippen molar-refractivity contribution in [1.82, 2.24) is 14.6 Å². The van der Waals surface area contributed by atoms with E-state index in [4.69, 9.17) is 4.74 Å². The van der Waals surface area contributed by atoms with E-state index < -0.39 is 0 Å². The third-order valence-corrected chi connectivity index (χ3v) is 3.25. The molecule has 0 aliphatic carbocycles. The highest BCUT2D eigenvalue weighted by Crippen LogP contribution is 2.24. The number of aryl methyl sites for hydroxylation is 1. The van der Waals surface area contributed by atoms with Gasteiger partial charge in [0.05, 0.1) is 6.61 Å². The van der Waals surface area contributed by atoms with Gasteiger partial charge in [-0.1, -0.05) is 12.1 Å². The highest BCUT2D eigenvalue weighted by molar-refractivity contribution is 5.76. The monoisotopic (exact) mass is 281 g/mol. The molecule has 3 rings (SSSR count). The lowest BCUT2D eigenvalue weighted by Crippen LogP contribution is -1.96. The van der Waals surface area contributed by atoms with E-state index in [1.54, 1.807) is 12.3 Å². The zero-order chi connectivity index (χ0) is 14.8. The third kappa shape index (κ3) is 2.38. The van der Waals surface area contributed by atoms with Gasteiger partial charge < -0.3 is 4.74 Å². The topological polar surface area (TPSA) is 56.5 Å². The van der Waals surface area contributed by atoms with Crippen LogP contribution in [-0.4, -0.2) is 27.5 Å². The molecule has 106 valence electrons. The quantitative estimate of drug-likeness (QED) is 0.690. The van der Waals surface area contributed by atoms with Gasteiger partial charge in [-0.25, -0.2) is 0 Å². The Balaban J connectivity index is 2.18. The fourth-order valence-corrected chi connectivity index (χ4v) is 2.34. The van der Waals surface area contributed by atoms with Crippen LogP contribution in [0.2, 0.25) is 0 Å². The molecule has 1 aromatic carbocycles. The number of carbonyl (C=O) groups is 1. The Kier molecular flexibility index (Phi) is 3.39. The first-order valence-electron chi connectivity index (χ1n) is 6.76. The SMILES string of the molecule is CCOc1cccc(-c2nnc3c(C)cc(C=O)cn23)c1. The Hall–Kier alpha value is -2.69. The van der Waals surface area contributed by atoms with E-state index in [0.717, 1.165) is 28.8 Å². The van der Waals surface area contributed by atoms with Crippen LogP contribution in [-0.2, 0) is 0 Å². The van der Waals surface area contributed by atoms with Crippen molar-refractivity contribution in [3.63, 3.8) is 0 Å². The summed E-state index contributed by atoms with van der Waals surface area (Å²) in [5.74, 6) is 1.48. The number of fused-ring (bicyclic) bond motifs is 1. The normalized spacial score (nSPS) is 10.8. The molecule has 21 heavy (non-hydrogen) atoms. The number of benzene rings is 1. The van der Waals surface area contributed by atoms with Crippen LogP contribution in [0.1, 0.15) is 22.8 Å². The summed E-state index contributed by atoms with van der Waals surface area (Å²) >= 11 is 0. The highest BCUT2D eigenvalue weighted by atomic mass is 16.5. The van der Waals surface area contributed by atoms with Crippen molar-refractivity contribution in [1.29, 1.82) is 0 Å². The van der Waals surface area contributed by atoms with E-state index in [9.17, 15) is 4.79 Å². The predicted octanol–water partition coefficient (Wildman–Crippen LogP) is 2.92. The summed E-state index contributed by atoms with van der Waals surface area (Å²) in [6.07, 6.45) is 2.57.